The van der Waals surface area contributed by atoms with Crippen LogP contribution in [0.1, 0.15) is 5.56 Å². The monoisotopic (exact) mass is 545 g/mol. The molecule has 0 fully saturated rings. The quantitative estimate of drug-likeness (QED) is 0.222. The van der Waals surface area contributed by atoms with Gasteiger partial charge in [0.1, 0.15) is 0 Å². The Balaban J connectivity index is 1.39. The zero-order valence-corrected chi connectivity index (χ0v) is 20.7. The van der Waals surface area contributed by atoms with Gasteiger partial charge < -0.3 is 40.6 Å². The van der Waals surface area contributed by atoms with Crippen LogP contribution in [-0.4, -0.2) is 61.3 Å². The highest BCUT2D eigenvalue weighted by molar-refractivity contribution is 9.10. The zero-order chi connectivity index (χ0) is 24.3. The third-order valence-corrected chi connectivity index (χ3v) is 5.32. The minimum absolute atomic E-state index is 0.212. The average Bonchev–Trinajstić information content (AvgIpc) is 3.33. The second kappa shape index (κ2) is 13.0. The van der Waals surface area contributed by atoms with Crippen LogP contribution in [0.4, 0.5) is 23.5 Å². The first-order chi connectivity index (χ1) is 17.2. The number of nitrogens with zero attached hydrogens (tertiary/aromatic N) is 3. The van der Waals surface area contributed by atoms with E-state index in [1.807, 2.05) is 42.5 Å². The van der Waals surface area contributed by atoms with Gasteiger partial charge in [0, 0.05) is 35.9 Å². The molecule has 1 aliphatic rings. The lowest BCUT2D eigenvalue weighted by atomic mass is 10.2. The van der Waals surface area contributed by atoms with Crippen molar-refractivity contribution in [3.05, 3.63) is 52.5 Å². The van der Waals surface area contributed by atoms with E-state index < -0.39 is 0 Å². The summed E-state index contributed by atoms with van der Waals surface area (Å²) in [6.45, 7) is 3.81. The second-order valence-corrected chi connectivity index (χ2v) is 8.34. The molecule has 5 N–H and O–H groups in total. The molecule has 186 valence electrons. The summed E-state index contributed by atoms with van der Waals surface area (Å²) in [5, 5.41) is 9.65. The van der Waals surface area contributed by atoms with Gasteiger partial charge in [-0.3, -0.25) is 0 Å². The maximum absolute atomic E-state index is 5.56. The van der Waals surface area contributed by atoms with Crippen molar-refractivity contribution in [2.75, 3.05) is 62.3 Å². The Kier molecular flexibility index (Phi) is 9.29. The summed E-state index contributed by atoms with van der Waals surface area (Å²) in [4.78, 5) is 13.5. The summed E-state index contributed by atoms with van der Waals surface area (Å²) in [7, 11) is 0. The first kappa shape index (κ1) is 24.9. The van der Waals surface area contributed by atoms with Crippen molar-refractivity contribution in [2.45, 2.75) is 6.54 Å². The van der Waals surface area contributed by atoms with Crippen molar-refractivity contribution in [1.29, 1.82) is 0 Å². The van der Waals surface area contributed by atoms with Crippen molar-refractivity contribution < 1.29 is 18.9 Å². The van der Waals surface area contributed by atoms with Crippen molar-refractivity contribution in [3.8, 4) is 11.5 Å². The minimum atomic E-state index is 0.212. The molecule has 1 aromatic heterocycles. The van der Waals surface area contributed by atoms with Gasteiger partial charge in [0.2, 0.25) is 24.6 Å². The van der Waals surface area contributed by atoms with Crippen molar-refractivity contribution in [2.24, 2.45) is 5.73 Å². The van der Waals surface area contributed by atoms with E-state index in [0.29, 0.717) is 75.4 Å². The van der Waals surface area contributed by atoms with E-state index in [-0.39, 0.29) is 6.79 Å². The largest absolute Gasteiger partial charge is 0.454 e. The minimum Gasteiger partial charge on any atom is -0.454 e. The molecule has 0 spiro atoms. The zero-order valence-electron chi connectivity index (χ0n) is 19.1. The molecule has 0 saturated heterocycles. The Bertz CT molecular complexity index is 1090. The fourth-order valence-electron chi connectivity index (χ4n) is 3.12. The Hall–Kier alpha value is -3.19. The Morgan fingerprint density at radius 1 is 0.829 bits per heavy atom. The molecular formula is C23H28BrN7O4. The van der Waals surface area contributed by atoms with E-state index in [0.717, 1.165) is 15.7 Å². The fourth-order valence-corrected chi connectivity index (χ4v) is 3.38. The molecule has 0 atom stereocenters. The summed E-state index contributed by atoms with van der Waals surface area (Å²) < 4.78 is 22.7. The number of hydrogen-bond donors (Lipinski definition) is 4. The molecule has 0 unspecified atom stereocenters. The molecule has 35 heavy (non-hydrogen) atoms. The van der Waals surface area contributed by atoms with Crippen LogP contribution in [0.3, 0.4) is 0 Å². The van der Waals surface area contributed by atoms with E-state index in [2.05, 4.69) is 46.8 Å². The van der Waals surface area contributed by atoms with Gasteiger partial charge in [0.05, 0.1) is 26.4 Å². The van der Waals surface area contributed by atoms with E-state index in [4.69, 9.17) is 24.7 Å². The molecule has 1 aliphatic heterocycles. The van der Waals surface area contributed by atoms with Crippen LogP contribution in [0.5, 0.6) is 11.5 Å². The van der Waals surface area contributed by atoms with Crippen LogP contribution in [0.15, 0.2) is 46.9 Å². The topological polar surface area (TPSA) is 138 Å². The number of fused-ring (bicyclic) bond motifs is 1. The molecule has 0 saturated carbocycles. The maximum Gasteiger partial charge on any atom is 0.233 e. The van der Waals surface area contributed by atoms with Crippen molar-refractivity contribution in [1.82, 2.24) is 15.0 Å². The number of nitrogens with one attached hydrogen (secondary N) is 3. The van der Waals surface area contributed by atoms with Crippen LogP contribution in [0.25, 0.3) is 0 Å². The number of rotatable bonds is 14. The number of ether oxygens (including phenoxy) is 4. The summed E-state index contributed by atoms with van der Waals surface area (Å²) in [6, 6.07) is 13.6. The SMILES string of the molecule is NCCOCCOCCNc1nc(NCc2ccc(Br)cc2)nc(Nc2ccc3c(c2)OCO3)n1. The summed E-state index contributed by atoms with van der Waals surface area (Å²) >= 11 is 3.45. The number of hydrogen-bond acceptors (Lipinski definition) is 11. The second-order valence-electron chi connectivity index (χ2n) is 7.42. The van der Waals surface area contributed by atoms with Crippen molar-refractivity contribution >= 4 is 39.5 Å². The Morgan fingerprint density at radius 2 is 1.54 bits per heavy atom. The molecule has 2 heterocycles. The van der Waals surface area contributed by atoms with Gasteiger partial charge in [0.25, 0.3) is 0 Å². The van der Waals surface area contributed by atoms with E-state index in [1.165, 1.54) is 0 Å². The average molecular weight is 546 g/mol. The van der Waals surface area contributed by atoms with Gasteiger partial charge in [-0.1, -0.05) is 28.1 Å². The van der Waals surface area contributed by atoms with E-state index in [9.17, 15) is 0 Å². The molecular weight excluding hydrogens is 518 g/mol. The molecule has 0 aliphatic carbocycles. The molecule has 0 radical (unpaired) electrons. The highest BCUT2D eigenvalue weighted by atomic mass is 79.9. The van der Waals surface area contributed by atoms with Crippen LogP contribution in [-0.2, 0) is 16.0 Å². The molecule has 2 aromatic carbocycles. The molecule has 3 aromatic rings. The molecule has 11 nitrogen and oxygen atoms in total. The van der Waals surface area contributed by atoms with Crippen molar-refractivity contribution in [3.63, 3.8) is 0 Å². The van der Waals surface area contributed by atoms with Crippen LogP contribution >= 0.6 is 15.9 Å². The van der Waals surface area contributed by atoms with E-state index in [1.54, 1.807) is 0 Å². The van der Waals surface area contributed by atoms with Crippen LogP contribution in [0, 0.1) is 0 Å². The van der Waals surface area contributed by atoms with Gasteiger partial charge in [-0.05, 0) is 29.8 Å². The Morgan fingerprint density at radius 3 is 2.34 bits per heavy atom. The third kappa shape index (κ3) is 7.92. The van der Waals surface area contributed by atoms with Gasteiger partial charge in [-0.25, -0.2) is 0 Å². The van der Waals surface area contributed by atoms with Crippen LogP contribution < -0.4 is 31.2 Å². The first-order valence-electron chi connectivity index (χ1n) is 11.2. The summed E-state index contributed by atoms with van der Waals surface area (Å²) in [5.74, 6) is 2.62. The van der Waals surface area contributed by atoms with E-state index >= 15 is 0 Å². The van der Waals surface area contributed by atoms with Gasteiger partial charge >= 0.3 is 0 Å². The van der Waals surface area contributed by atoms with Gasteiger partial charge in [0.15, 0.2) is 11.5 Å². The predicted octanol–water partition coefficient (Wildman–Crippen LogP) is 3.12. The summed E-state index contributed by atoms with van der Waals surface area (Å²) in [5.41, 5.74) is 7.26. The highest BCUT2D eigenvalue weighted by Crippen LogP contribution is 2.34. The molecule has 4 rings (SSSR count). The van der Waals surface area contributed by atoms with Gasteiger partial charge in [-0.15, -0.1) is 0 Å². The smallest absolute Gasteiger partial charge is 0.233 e. The van der Waals surface area contributed by atoms with Gasteiger partial charge in [-0.2, -0.15) is 15.0 Å². The van der Waals surface area contributed by atoms with Crippen LogP contribution in [0.2, 0.25) is 0 Å². The molecule has 12 heteroatoms. The number of aromatic nitrogens is 3. The lowest BCUT2D eigenvalue weighted by Crippen LogP contribution is -2.17. The molecule has 0 bridgehead atoms. The first-order valence-corrected chi connectivity index (χ1v) is 12.0. The third-order valence-electron chi connectivity index (χ3n) is 4.79. The lowest BCUT2D eigenvalue weighted by Gasteiger charge is -2.12. The standard InChI is InChI=1S/C23H28BrN7O4/c24-17-3-1-16(2-4-17)14-27-22-29-21(26-8-10-33-12-11-32-9-7-25)30-23(31-22)28-18-5-6-19-20(13-18)35-15-34-19/h1-6,13H,7-12,14-15,25H2,(H3,26,27,28,29,30,31). The maximum atomic E-state index is 5.56. The fraction of sp³-hybridized carbons (Fsp3) is 0.348. The predicted molar refractivity (Wildman–Crippen MR) is 136 cm³/mol. The molecule has 0 amide bonds. The number of benzene rings is 2. The number of halogens is 1. The normalized spacial score (nSPS) is 11.9. The number of anilines is 4. The highest BCUT2D eigenvalue weighted by Gasteiger charge is 2.14. The Labute approximate surface area is 211 Å². The number of nitrogens with two attached hydrogens (primary N) is 1. The summed E-state index contributed by atoms with van der Waals surface area (Å²) in [6.07, 6.45) is 0. The lowest BCUT2D eigenvalue weighted by molar-refractivity contribution is 0.0547.